The Bertz CT molecular complexity index is 1380. The fourth-order valence-corrected chi connectivity index (χ4v) is 7.15. The Hall–Kier alpha value is -3.39. The predicted octanol–water partition coefficient (Wildman–Crippen LogP) is 3.68. The molecular formula is C32H40N6O2. The maximum atomic E-state index is 13.6. The van der Waals surface area contributed by atoms with Crippen LogP contribution in [0.2, 0.25) is 0 Å². The minimum atomic E-state index is -0.248. The van der Waals surface area contributed by atoms with Crippen molar-refractivity contribution >= 4 is 28.9 Å². The molecule has 4 aliphatic rings. The van der Waals surface area contributed by atoms with E-state index in [0.29, 0.717) is 24.7 Å². The van der Waals surface area contributed by atoms with Gasteiger partial charge in [0, 0.05) is 37.3 Å². The van der Waals surface area contributed by atoms with Crippen molar-refractivity contribution in [3.8, 4) is 0 Å². The third kappa shape index (κ3) is 5.33. The van der Waals surface area contributed by atoms with Gasteiger partial charge in [0.25, 0.3) is 0 Å². The van der Waals surface area contributed by atoms with E-state index >= 15 is 0 Å². The average molecular weight is 541 g/mol. The number of piperidine rings is 2. The summed E-state index contributed by atoms with van der Waals surface area (Å²) in [6.45, 7) is 8.84. The van der Waals surface area contributed by atoms with Crippen LogP contribution >= 0.6 is 0 Å². The highest BCUT2D eigenvalue weighted by molar-refractivity contribution is 6.49. The first-order valence-electron chi connectivity index (χ1n) is 14.8. The van der Waals surface area contributed by atoms with Crippen LogP contribution in [0.5, 0.6) is 0 Å². The molecule has 210 valence electrons. The molecule has 1 amide bonds. The topological polar surface area (TPSA) is 105 Å². The lowest BCUT2D eigenvalue weighted by Crippen LogP contribution is -2.48. The van der Waals surface area contributed by atoms with Gasteiger partial charge in [-0.15, -0.1) is 0 Å². The third-order valence-electron chi connectivity index (χ3n) is 9.11. The summed E-state index contributed by atoms with van der Waals surface area (Å²) in [5, 5.41) is 0. The summed E-state index contributed by atoms with van der Waals surface area (Å²) in [7, 11) is 0. The molecule has 2 N–H and O–H groups in total. The summed E-state index contributed by atoms with van der Waals surface area (Å²) in [4.78, 5) is 44.8. The molecule has 0 spiro atoms. The van der Waals surface area contributed by atoms with Crippen LogP contribution in [-0.4, -0.2) is 75.9 Å². The highest BCUT2D eigenvalue weighted by atomic mass is 16.2. The van der Waals surface area contributed by atoms with E-state index in [4.69, 9.17) is 10.7 Å². The largest absolute Gasteiger partial charge is 0.368 e. The number of allylic oxidation sites excluding steroid dienone is 1. The van der Waals surface area contributed by atoms with Gasteiger partial charge in [-0.25, -0.2) is 9.97 Å². The van der Waals surface area contributed by atoms with Crippen LogP contribution in [0.15, 0.2) is 41.0 Å². The van der Waals surface area contributed by atoms with Crippen molar-refractivity contribution in [1.29, 1.82) is 0 Å². The van der Waals surface area contributed by atoms with E-state index in [1.165, 1.54) is 32.4 Å². The molecule has 2 aromatic rings. The quantitative estimate of drug-likeness (QED) is 0.599. The number of aliphatic imine (C=N–C) groups is 1. The maximum Gasteiger partial charge on any atom is 0.226 e. The standard InChI is InChI=1S/C32H40N6O2/c1-32(2)18-23-19-35-31(33)36-29(23)25-20-34-30(28(25)32)26(39)16-21-7-6-8-22(15-21)17-27(40)38-13-9-24(10-14-38)37-11-4-3-5-12-37/h6-8,15,19,24H,3-5,9-14,16-18,20H2,1-2H3,(H2,33,35,36). The molecule has 0 unspecified atom stereocenters. The van der Waals surface area contributed by atoms with Gasteiger partial charge in [-0.05, 0) is 72.9 Å². The van der Waals surface area contributed by atoms with E-state index in [1.807, 2.05) is 29.2 Å². The highest BCUT2D eigenvalue weighted by Crippen LogP contribution is 2.45. The molecule has 3 aliphatic heterocycles. The number of anilines is 1. The zero-order valence-corrected chi connectivity index (χ0v) is 23.8. The van der Waals surface area contributed by atoms with Crippen LogP contribution in [0.25, 0.3) is 5.57 Å². The second kappa shape index (κ2) is 10.9. The molecule has 2 fully saturated rings. The van der Waals surface area contributed by atoms with Crippen LogP contribution in [0, 0.1) is 5.41 Å². The van der Waals surface area contributed by atoms with Gasteiger partial charge in [-0.3, -0.25) is 14.6 Å². The Morgan fingerprint density at radius 3 is 2.50 bits per heavy atom. The van der Waals surface area contributed by atoms with Crippen molar-refractivity contribution in [3.63, 3.8) is 0 Å². The second-order valence-electron chi connectivity index (χ2n) is 12.5. The molecule has 2 saturated heterocycles. The van der Waals surface area contributed by atoms with Crippen molar-refractivity contribution in [3.05, 3.63) is 58.4 Å². The number of hydrogen-bond donors (Lipinski definition) is 1. The predicted molar refractivity (Wildman–Crippen MR) is 157 cm³/mol. The monoisotopic (exact) mass is 540 g/mol. The number of nitrogens with zero attached hydrogens (tertiary/aromatic N) is 5. The van der Waals surface area contributed by atoms with Gasteiger partial charge in [0.1, 0.15) is 5.71 Å². The number of carbonyl (C=O) groups is 2. The molecule has 1 aromatic carbocycles. The van der Waals surface area contributed by atoms with Crippen LogP contribution in [0.4, 0.5) is 5.95 Å². The van der Waals surface area contributed by atoms with E-state index in [0.717, 1.165) is 65.9 Å². The number of amides is 1. The molecule has 0 bridgehead atoms. The number of likely N-dealkylation sites (tertiary alicyclic amines) is 2. The van der Waals surface area contributed by atoms with E-state index in [9.17, 15) is 9.59 Å². The smallest absolute Gasteiger partial charge is 0.226 e. The van der Waals surface area contributed by atoms with Crippen LogP contribution in [0.1, 0.15) is 68.3 Å². The number of nitrogen functional groups attached to an aromatic ring is 1. The Labute approximate surface area is 236 Å². The van der Waals surface area contributed by atoms with Gasteiger partial charge in [0.15, 0.2) is 5.78 Å². The fourth-order valence-electron chi connectivity index (χ4n) is 7.15. The van der Waals surface area contributed by atoms with Crippen molar-refractivity contribution in [2.75, 3.05) is 38.5 Å². The Morgan fingerprint density at radius 1 is 1.02 bits per heavy atom. The number of nitrogens with two attached hydrogens (primary N) is 1. The molecule has 8 heteroatoms. The Balaban J connectivity index is 1.10. The zero-order chi connectivity index (χ0) is 27.9. The van der Waals surface area contributed by atoms with Crippen LogP contribution < -0.4 is 5.73 Å². The van der Waals surface area contributed by atoms with Crippen molar-refractivity contribution in [2.45, 2.75) is 71.3 Å². The first-order valence-corrected chi connectivity index (χ1v) is 14.8. The zero-order valence-electron chi connectivity index (χ0n) is 23.8. The number of benzene rings is 1. The first-order chi connectivity index (χ1) is 19.3. The third-order valence-corrected chi connectivity index (χ3v) is 9.11. The number of Topliss-reactive ketones (excluding diaryl/α,β-unsaturated/α-hetero) is 1. The van der Waals surface area contributed by atoms with Gasteiger partial charge in [-0.1, -0.05) is 44.5 Å². The summed E-state index contributed by atoms with van der Waals surface area (Å²) in [5.41, 5.74) is 11.9. The molecule has 8 nitrogen and oxygen atoms in total. The molecule has 1 aromatic heterocycles. The van der Waals surface area contributed by atoms with E-state index in [1.54, 1.807) is 6.20 Å². The fraction of sp³-hybridized carbons (Fsp3) is 0.531. The lowest BCUT2D eigenvalue weighted by atomic mass is 9.70. The summed E-state index contributed by atoms with van der Waals surface area (Å²) in [5.74, 6) is 0.425. The SMILES string of the molecule is CC1(C)Cc2cnc(N)nc2C2=C1C(C(=O)Cc1cccc(CC(=O)N3CCC(N4CCCCC4)CC3)c1)=NC2. The molecule has 4 heterocycles. The van der Waals surface area contributed by atoms with Crippen LogP contribution in [0.3, 0.4) is 0 Å². The van der Waals surface area contributed by atoms with Crippen molar-refractivity contribution in [2.24, 2.45) is 10.4 Å². The molecule has 0 saturated carbocycles. The number of hydrogen-bond acceptors (Lipinski definition) is 7. The lowest BCUT2D eigenvalue weighted by Gasteiger charge is -2.40. The maximum absolute atomic E-state index is 13.6. The molecule has 1 aliphatic carbocycles. The molecule has 0 radical (unpaired) electrons. The second-order valence-corrected chi connectivity index (χ2v) is 12.5. The molecule has 40 heavy (non-hydrogen) atoms. The van der Waals surface area contributed by atoms with E-state index in [-0.39, 0.29) is 29.5 Å². The van der Waals surface area contributed by atoms with Gasteiger partial charge in [-0.2, -0.15) is 0 Å². The van der Waals surface area contributed by atoms with E-state index in [2.05, 4.69) is 28.7 Å². The summed E-state index contributed by atoms with van der Waals surface area (Å²) in [6.07, 6.45) is 9.26. The minimum absolute atomic E-state index is 0.00631. The normalized spacial score (nSPS) is 21.1. The number of aromatic nitrogens is 2. The number of fused-ring (bicyclic) bond motifs is 2. The summed E-state index contributed by atoms with van der Waals surface area (Å²) >= 11 is 0. The minimum Gasteiger partial charge on any atom is -0.368 e. The lowest BCUT2D eigenvalue weighted by molar-refractivity contribution is -0.132. The number of ketones is 1. The van der Waals surface area contributed by atoms with Crippen LogP contribution in [-0.2, 0) is 28.9 Å². The summed E-state index contributed by atoms with van der Waals surface area (Å²) < 4.78 is 0. The molecule has 0 atom stereocenters. The summed E-state index contributed by atoms with van der Waals surface area (Å²) in [6, 6.07) is 8.55. The number of carbonyl (C=O) groups excluding carboxylic acids is 2. The average Bonchev–Trinajstić information content (AvgIpc) is 3.42. The van der Waals surface area contributed by atoms with Gasteiger partial charge in [0.2, 0.25) is 11.9 Å². The van der Waals surface area contributed by atoms with Gasteiger partial charge < -0.3 is 15.5 Å². The van der Waals surface area contributed by atoms with Crippen molar-refractivity contribution < 1.29 is 9.59 Å². The molecule has 6 rings (SSSR count). The number of rotatable bonds is 6. The van der Waals surface area contributed by atoms with Crippen molar-refractivity contribution in [1.82, 2.24) is 19.8 Å². The first kappa shape index (κ1) is 26.8. The van der Waals surface area contributed by atoms with Gasteiger partial charge >= 0.3 is 0 Å². The Morgan fingerprint density at radius 2 is 1.75 bits per heavy atom. The molecular weight excluding hydrogens is 500 g/mol. The Kier molecular flexibility index (Phi) is 7.29. The van der Waals surface area contributed by atoms with Gasteiger partial charge in [0.05, 0.1) is 18.7 Å². The van der Waals surface area contributed by atoms with E-state index < -0.39 is 0 Å². The highest BCUT2D eigenvalue weighted by Gasteiger charge is 2.41.